The molecule has 2 aliphatic rings. The van der Waals surface area contributed by atoms with Crippen molar-refractivity contribution in [3.05, 3.63) is 0 Å². The van der Waals surface area contributed by atoms with Crippen molar-refractivity contribution in [1.29, 1.82) is 0 Å². The Balaban J connectivity index is 2.06. The number of carbonyl (C=O) groups is 1. The van der Waals surface area contributed by atoms with Crippen LogP contribution in [0.15, 0.2) is 0 Å². The first kappa shape index (κ1) is 9.89. The van der Waals surface area contributed by atoms with Crippen LogP contribution in [0.2, 0.25) is 0 Å². The molecule has 5 nitrogen and oxygen atoms in total. The van der Waals surface area contributed by atoms with E-state index >= 15 is 0 Å². The van der Waals surface area contributed by atoms with Crippen LogP contribution in [0.25, 0.3) is 0 Å². The average molecular weight is 198 g/mol. The summed E-state index contributed by atoms with van der Waals surface area (Å²) in [6.45, 7) is 5.31. The van der Waals surface area contributed by atoms with Gasteiger partial charge in [-0.2, -0.15) is 0 Å². The Hall–Kier alpha value is -0.650. The highest BCUT2D eigenvalue weighted by molar-refractivity contribution is 5.86. The molecule has 2 saturated heterocycles. The smallest absolute Gasteiger partial charge is 0.240 e. The lowest BCUT2D eigenvalue weighted by atomic mass is 9.89. The Labute approximate surface area is 84.0 Å². The fourth-order valence-corrected chi connectivity index (χ4v) is 2.19. The third kappa shape index (κ3) is 1.51. The van der Waals surface area contributed by atoms with Crippen LogP contribution in [-0.4, -0.2) is 55.6 Å². The SMILES string of the molecule is NC(=O)C1(N2CCCNCC2)CNC1. The van der Waals surface area contributed by atoms with Gasteiger partial charge in [0.05, 0.1) is 0 Å². The largest absolute Gasteiger partial charge is 0.368 e. The molecule has 2 heterocycles. The normalized spacial score (nSPS) is 27.7. The molecule has 0 bridgehead atoms. The average Bonchev–Trinajstić information content (AvgIpc) is 2.30. The maximum Gasteiger partial charge on any atom is 0.240 e. The van der Waals surface area contributed by atoms with Gasteiger partial charge in [0.15, 0.2) is 0 Å². The number of carbonyl (C=O) groups excluding carboxylic acids is 1. The molecule has 1 amide bonds. The molecular formula is C9H18N4O. The zero-order valence-corrected chi connectivity index (χ0v) is 8.38. The summed E-state index contributed by atoms with van der Waals surface area (Å²) in [7, 11) is 0. The molecule has 0 aliphatic carbocycles. The molecule has 2 fully saturated rings. The van der Waals surface area contributed by atoms with Gasteiger partial charge >= 0.3 is 0 Å². The Bertz CT molecular complexity index is 219. The number of rotatable bonds is 2. The second-order valence-corrected chi connectivity index (χ2v) is 4.09. The Morgan fingerprint density at radius 2 is 2.00 bits per heavy atom. The van der Waals surface area contributed by atoms with Crippen LogP contribution in [0.5, 0.6) is 0 Å². The van der Waals surface area contributed by atoms with Crippen LogP contribution in [0.1, 0.15) is 6.42 Å². The minimum absolute atomic E-state index is 0.182. The summed E-state index contributed by atoms with van der Waals surface area (Å²) in [5.41, 5.74) is 5.08. The lowest BCUT2D eigenvalue weighted by molar-refractivity contribution is -0.133. The van der Waals surface area contributed by atoms with Crippen LogP contribution < -0.4 is 16.4 Å². The van der Waals surface area contributed by atoms with E-state index in [1.807, 2.05) is 0 Å². The van der Waals surface area contributed by atoms with E-state index < -0.39 is 5.54 Å². The van der Waals surface area contributed by atoms with Crippen molar-refractivity contribution in [1.82, 2.24) is 15.5 Å². The number of hydrogen-bond acceptors (Lipinski definition) is 4. The van der Waals surface area contributed by atoms with Crippen molar-refractivity contribution < 1.29 is 4.79 Å². The Morgan fingerprint density at radius 1 is 1.21 bits per heavy atom. The summed E-state index contributed by atoms with van der Waals surface area (Å²) in [4.78, 5) is 13.7. The molecule has 2 aliphatic heterocycles. The number of nitrogens with one attached hydrogen (secondary N) is 2. The first-order chi connectivity index (χ1) is 6.76. The lowest BCUT2D eigenvalue weighted by Crippen LogP contribution is -2.75. The summed E-state index contributed by atoms with van der Waals surface area (Å²) < 4.78 is 0. The predicted octanol–water partition coefficient (Wildman–Crippen LogP) is -1.89. The zero-order chi connectivity index (χ0) is 10.0. The minimum atomic E-state index is -0.397. The van der Waals surface area contributed by atoms with Crippen molar-refractivity contribution in [2.24, 2.45) is 5.73 Å². The van der Waals surface area contributed by atoms with Crippen molar-refractivity contribution in [2.75, 3.05) is 39.3 Å². The van der Waals surface area contributed by atoms with Gasteiger partial charge in [-0.1, -0.05) is 0 Å². The summed E-state index contributed by atoms with van der Waals surface area (Å²) in [5, 5.41) is 6.46. The number of nitrogens with two attached hydrogens (primary N) is 1. The van der Waals surface area contributed by atoms with Crippen LogP contribution in [0.3, 0.4) is 0 Å². The van der Waals surface area contributed by atoms with E-state index in [1.165, 1.54) is 0 Å². The monoisotopic (exact) mass is 198 g/mol. The molecule has 0 saturated carbocycles. The fourth-order valence-electron chi connectivity index (χ4n) is 2.19. The van der Waals surface area contributed by atoms with Gasteiger partial charge < -0.3 is 16.4 Å². The van der Waals surface area contributed by atoms with Gasteiger partial charge in [-0.05, 0) is 13.0 Å². The number of primary amides is 1. The molecule has 4 N–H and O–H groups in total. The van der Waals surface area contributed by atoms with E-state index in [9.17, 15) is 4.79 Å². The molecule has 0 radical (unpaired) electrons. The Kier molecular flexibility index (Phi) is 2.71. The van der Waals surface area contributed by atoms with Crippen LogP contribution in [-0.2, 0) is 4.79 Å². The topological polar surface area (TPSA) is 70.4 Å². The molecular weight excluding hydrogens is 180 g/mol. The summed E-state index contributed by atoms with van der Waals surface area (Å²) in [6, 6.07) is 0. The quantitative estimate of drug-likeness (QED) is 0.485. The van der Waals surface area contributed by atoms with E-state index in [1.54, 1.807) is 0 Å². The number of nitrogens with zero attached hydrogens (tertiary/aromatic N) is 1. The van der Waals surface area contributed by atoms with Crippen molar-refractivity contribution >= 4 is 5.91 Å². The van der Waals surface area contributed by atoms with Gasteiger partial charge in [0.25, 0.3) is 0 Å². The lowest BCUT2D eigenvalue weighted by Gasteiger charge is -2.47. The highest BCUT2D eigenvalue weighted by atomic mass is 16.2. The van der Waals surface area contributed by atoms with Crippen LogP contribution >= 0.6 is 0 Å². The van der Waals surface area contributed by atoms with Crippen molar-refractivity contribution in [2.45, 2.75) is 12.0 Å². The molecule has 5 heteroatoms. The predicted molar refractivity (Wildman–Crippen MR) is 53.9 cm³/mol. The van der Waals surface area contributed by atoms with E-state index in [2.05, 4.69) is 15.5 Å². The van der Waals surface area contributed by atoms with E-state index in [0.717, 1.165) is 32.6 Å². The minimum Gasteiger partial charge on any atom is -0.368 e. The molecule has 0 spiro atoms. The summed E-state index contributed by atoms with van der Waals surface area (Å²) >= 11 is 0. The third-order valence-corrected chi connectivity index (χ3v) is 3.24. The fraction of sp³-hybridized carbons (Fsp3) is 0.889. The molecule has 0 aromatic carbocycles. The van der Waals surface area contributed by atoms with E-state index in [4.69, 9.17) is 5.73 Å². The summed E-state index contributed by atoms with van der Waals surface area (Å²) in [5.74, 6) is -0.182. The van der Waals surface area contributed by atoms with Crippen LogP contribution in [0, 0.1) is 0 Å². The van der Waals surface area contributed by atoms with Gasteiger partial charge in [-0.25, -0.2) is 0 Å². The molecule has 14 heavy (non-hydrogen) atoms. The van der Waals surface area contributed by atoms with Gasteiger partial charge in [0.1, 0.15) is 5.54 Å². The standard InChI is InChI=1S/C9H18N4O/c10-8(14)9(6-12-7-9)13-4-1-2-11-3-5-13/h11-12H,1-7H2,(H2,10,14). The van der Waals surface area contributed by atoms with Crippen molar-refractivity contribution in [3.8, 4) is 0 Å². The van der Waals surface area contributed by atoms with Gasteiger partial charge in [0, 0.05) is 32.7 Å². The highest BCUT2D eigenvalue weighted by Gasteiger charge is 2.47. The second kappa shape index (κ2) is 3.84. The van der Waals surface area contributed by atoms with Crippen LogP contribution in [0.4, 0.5) is 0 Å². The van der Waals surface area contributed by atoms with Gasteiger partial charge in [-0.3, -0.25) is 9.69 Å². The van der Waals surface area contributed by atoms with Gasteiger partial charge in [-0.15, -0.1) is 0 Å². The molecule has 0 unspecified atom stereocenters. The van der Waals surface area contributed by atoms with Gasteiger partial charge in [0.2, 0.25) is 5.91 Å². The maximum atomic E-state index is 11.4. The molecule has 0 aromatic heterocycles. The first-order valence-corrected chi connectivity index (χ1v) is 5.22. The maximum absolute atomic E-state index is 11.4. The highest BCUT2D eigenvalue weighted by Crippen LogP contribution is 2.20. The third-order valence-electron chi connectivity index (χ3n) is 3.24. The molecule has 0 atom stereocenters. The zero-order valence-electron chi connectivity index (χ0n) is 8.38. The number of amides is 1. The van der Waals surface area contributed by atoms with E-state index in [-0.39, 0.29) is 5.91 Å². The second-order valence-electron chi connectivity index (χ2n) is 4.09. The summed E-state index contributed by atoms with van der Waals surface area (Å²) in [6.07, 6.45) is 1.09. The number of hydrogen-bond donors (Lipinski definition) is 3. The molecule has 80 valence electrons. The van der Waals surface area contributed by atoms with Crippen molar-refractivity contribution in [3.63, 3.8) is 0 Å². The van der Waals surface area contributed by atoms with E-state index in [0.29, 0.717) is 13.1 Å². The first-order valence-electron chi connectivity index (χ1n) is 5.22. The molecule has 0 aromatic rings. The molecule has 2 rings (SSSR count). The Morgan fingerprint density at radius 3 is 2.57 bits per heavy atom.